The molecule has 0 aromatic carbocycles. The van der Waals surface area contributed by atoms with E-state index in [-0.39, 0.29) is 5.91 Å². The van der Waals surface area contributed by atoms with Gasteiger partial charge in [0.2, 0.25) is 0 Å². The minimum atomic E-state index is -0.170. The molecule has 0 unspecified atom stereocenters. The van der Waals surface area contributed by atoms with Crippen molar-refractivity contribution in [2.75, 3.05) is 7.05 Å². The fraction of sp³-hybridized carbons (Fsp3) is 0.400. The Labute approximate surface area is 48.6 Å². The van der Waals surface area contributed by atoms with Crippen molar-refractivity contribution in [3.63, 3.8) is 0 Å². The quantitative estimate of drug-likeness (QED) is 0.448. The summed E-state index contributed by atoms with van der Waals surface area (Å²) >= 11 is 0. The molecule has 0 heterocycles. The SMILES string of the molecule is CN/C(C)=C\C([NH3+])=O. The van der Waals surface area contributed by atoms with Crippen LogP contribution >= 0.6 is 0 Å². The van der Waals surface area contributed by atoms with Crippen LogP contribution in [0.5, 0.6) is 0 Å². The summed E-state index contributed by atoms with van der Waals surface area (Å²) in [6.45, 7) is 1.81. The number of amides is 1. The first kappa shape index (κ1) is 7.17. The third-order valence-electron chi connectivity index (χ3n) is 0.772. The molecule has 3 nitrogen and oxygen atoms in total. The molecule has 8 heavy (non-hydrogen) atoms. The van der Waals surface area contributed by atoms with Crippen LogP contribution in [0.2, 0.25) is 0 Å². The van der Waals surface area contributed by atoms with E-state index in [0.29, 0.717) is 0 Å². The number of nitrogens with one attached hydrogen (secondary N) is 1. The van der Waals surface area contributed by atoms with Crippen LogP contribution < -0.4 is 11.1 Å². The number of quaternary nitrogens is 1. The number of rotatable bonds is 2. The summed E-state index contributed by atoms with van der Waals surface area (Å²) in [5, 5.41) is 2.80. The van der Waals surface area contributed by atoms with Gasteiger partial charge >= 0.3 is 5.91 Å². The van der Waals surface area contributed by atoms with E-state index in [1.807, 2.05) is 6.92 Å². The lowest BCUT2D eigenvalue weighted by Gasteiger charge is -1.91. The monoisotopic (exact) mass is 115 g/mol. The normalized spacial score (nSPS) is 11.1. The highest BCUT2D eigenvalue weighted by Gasteiger charge is 1.89. The van der Waals surface area contributed by atoms with E-state index < -0.39 is 0 Å². The van der Waals surface area contributed by atoms with Gasteiger partial charge in [0.15, 0.2) is 0 Å². The highest BCUT2D eigenvalue weighted by Crippen LogP contribution is 1.78. The number of hydrogen-bond acceptors (Lipinski definition) is 2. The second kappa shape index (κ2) is 3.21. The topological polar surface area (TPSA) is 56.7 Å². The van der Waals surface area contributed by atoms with Crippen LogP contribution in [-0.2, 0) is 4.79 Å². The average molecular weight is 115 g/mol. The fourth-order valence-electron chi connectivity index (χ4n) is 0.314. The smallest absolute Gasteiger partial charge is 0.335 e. The maximum Gasteiger partial charge on any atom is 0.335 e. The van der Waals surface area contributed by atoms with Gasteiger partial charge in [0, 0.05) is 12.7 Å². The van der Waals surface area contributed by atoms with Crippen molar-refractivity contribution in [3.8, 4) is 0 Å². The number of carbonyl (C=O) groups is 1. The molecule has 3 heteroatoms. The highest BCUT2D eigenvalue weighted by molar-refractivity contribution is 5.78. The first-order valence-corrected chi connectivity index (χ1v) is 2.39. The van der Waals surface area contributed by atoms with Gasteiger partial charge in [-0.1, -0.05) is 0 Å². The fourth-order valence-corrected chi connectivity index (χ4v) is 0.314. The van der Waals surface area contributed by atoms with Gasteiger partial charge in [0.1, 0.15) is 0 Å². The molecule has 0 radical (unpaired) electrons. The molecule has 0 saturated heterocycles. The average Bonchev–Trinajstić information content (AvgIpc) is 1.65. The van der Waals surface area contributed by atoms with Crippen LogP contribution in [-0.4, -0.2) is 13.0 Å². The van der Waals surface area contributed by atoms with Crippen molar-refractivity contribution >= 4 is 5.91 Å². The molecular formula is C5H11N2O+. The molecule has 0 aliphatic rings. The Morgan fingerprint density at radius 1 is 1.75 bits per heavy atom. The molecule has 0 aliphatic carbocycles. The number of carbonyl (C=O) groups excluding carboxylic acids is 1. The van der Waals surface area contributed by atoms with E-state index in [0.717, 1.165) is 5.70 Å². The van der Waals surface area contributed by atoms with E-state index in [2.05, 4.69) is 11.1 Å². The summed E-state index contributed by atoms with van der Waals surface area (Å²) in [6.07, 6.45) is 1.44. The van der Waals surface area contributed by atoms with Gasteiger partial charge in [-0.2, -0.15) is 0 Å². The summed E-state index contributed by atoms with van der Waals surface area (Å²) in [4.78, 5) is 10.2. The minimum absolute atomic E-state index is 0.170. The molecular weight excluding hydrogens is 104 g/mol. The zero-order chi connectivity index (χ0) is 6.57. The molecule has 1 amide bonds. The van der Waals surface area contributed by atoms with Crippen molar-refractivity contribution in [2.45, 2.75) is 6.92 Å². The summed E-state index contributed by atoms with van der Waals surface area (Å²) < 4.78 is 0. The van der Waals surface area contributed by atoms with E-state index in [1.54, 1.807) is 7.05 Å². The van der Waals surface area contributed by atoms with Crippen molar-refractivity contribution in [1.29, 1.82) is 0 Å². The lowest BCUT2D eigenvalue weighted by atomic mass is 10.4. The van der Waals surface area contributed by atoms with Crippen molar-refractivity contribution in [3.05, 3.63) is 11.8 Å². The number of allylic oxidation sites excluding steroid dienone is 1. The Hall–Kier alpha value is -0.830. The zero-order valence-corrected chi connectivity index (χ0v) is 5.19. The molecule has 0 spiro atoms. The second-order valence-corrected chi connectivity index (χ2v) is 1.54. The lowest BCUT2D eigenvalue weighted by molar-refractivity contribution is -0.297. The van der Waals surface area contributed by atoms with Gasteiger partial charge in [0.05, 0.1) is 6.08 Å². The highest BCUT2D eigenvalue weighted by atomic mass is 16.1. The van der Waals surface area contributed by atoms with E-state index in [9.17, 15) is 4.79 Å². The molecule has 46 valence electrons. The first-order valence-electron chi connectivity index (χ1n) is 2.39. The predicted molar refractivity (Wildman–Crippen MR) is 30.7 cm³/mol. The molecule has 0 saturated carbocycles. The van der Waals surface area contributed by atoms with Gasteiger partial charge in [-0.25, -0.2) is 4.79 Å². The molecule has 0 aliphatic heterocycles. The van der Waals surface area contributed by atoms with Crippen molar-refractivity contribution < 1.29 is 10.5 Å². The maximum absolute atomic E-state index is 10.2. The van der Waals surface area contributed by atoms with Crippen molar-refractivity contribution in [2.24, 2.45) is 0 Å². The molecule has 0 aromatic rings. The summed E-state index contributed by atoms with van der Waals surface area (Å²) in [7, 11) is 1.76. The van der Waals surface area contributed by atoms with Gasteiger partial charge in [-0.3, -0.25) is 5.73 Å². The molecule has 0 atom stereocenters. The van der Waals surface area contributed by atoms with E-state index in [1.165, 1.54) is 6.08 Å². The van der Waals surface area contributed by atoms with E-state index >= 15 is 0 Å². The molecule has 0 fully saturated rings. The predicted octanol–water partition coefficient (Wildman–Crippen LogP) is -1.12. The zero-order valence-electron chi connectivity index (χ0n) is 5.19. The third-order valence-corrected chi connectivity index (χ3v) is 0.772. The Balaban J connectivity index is 3.75. The summed E-state index contributed by atoms with van der Waals surface area (Å²) in [6, 6.07) is 0. The van der Waals surface area contributed by atoms with Crippen LogP contribution in [0.4, 0.5) is 0 Å². The largest absolute Gasteiger partial charge is 0.391 e. The standard InChI is InChI=1S/C5H10N2O/c1-4(7-2)3-5(6)8/h3,7H,1-2H3,(H2,6,8)/p+1/b4-3-. The molecule has 0 aromatic heterocycles. The van der Waals surface area contributed by atoms with Crippen molar-refractivity contribution in [1.82, 2.24) is 5.32 Å². The van der Waals surface area contributed by atoms with Gasteiger partial charge in [0.25, 0.3) is 0 Å². The van der Waals surface area contributed by atoms with Crippen LogP contribution in [0.3, 0.4) is 0 Å². The Morgan fingerprint density at radius 3 is 2.38 bits per heavy atom. The van der Waals surface area contributed by atoms with Crippen LogP contribution in [0, 0.1) is 0 Å². The van der Waals surface area contributed by atoms with E-state index in [4.69, 9.17) is 0 Å². The third kappa shape index (κ3) is 3.36. The molecule has 0 bridgehead atoms. The first-order chi connectivity index (χ1) is 3.66. The van der Waals surface area contributed by atoms with Crippen LogP contribution in [0.15, 0.2) is 11.8 Å². The van der Waals surface area contributed by atoms with Crippen LogP contribution in [0.25, 0.3) is 0 Å². The number of hydrogen-bond donors (Lipinski definition) is 2. The second-order valence-electron chi connectivity index (χ2n) is 1.54. The van der Waals surface area contributed by atoms with Gasteiger partial charge < -0.3 is 5.32 Å². The molecule has 4 N–H and O–H groups in total. The minimum Gasteiger partial charge on any atom is -0.391 e. The Bertz CT molecular complexity index is 118. The van der Waals surface area contributed by atoms with Gasteiger partial charge in [-0.05, 0) is 6.92 Å². The lowest BCUT2D eigenvalue weighted by Crippen LogP contribution is -2.55. The maximum atomic E-state index is 10.2. The Morgan fingerprint density at radius 2 is 2.25 bits per heavy atom. The summed E-state index contributed by atoms with van der Waals surface area (Å²) in [5.74, 6) is -0.170. The van der Waals surface area contributed by atoms with Gasteiger partial charge in [-0.15, -0.1) is 0 Å². The van der Waals surface area contributed by atoms with Crippen LogP contribution in [0.1, 0.15) is 6.92 Å². The molecule has 0 rings (SSSR count). The Kier molecular flexibility index (Phi) is 2.88. The summed E-state index contributed by atoms with van der Waals surface area (Å²) in [5.41, 5.74) is 4.01.